The number of anilines is 1. The molecule has 0 atom stereocenters. The van der Waals surface area contributed by atoms with Crippen LogP contribution >= 0.6 is 0 Å². The lowest BCUT2D eigenvalue weighted by Crippen LogP contribution is -2.35. The van der Waals surface area contributed by atoms with Crippen LogP contribution in [-0.4, -0.2) is 30.8 Å². The van der Waals surface area contributed by atoms with Crippen LogP contribution in [0.3, 0.4) is 0 Å². The highest BCUT2D eigenvalue weighted by Gasteiger charge is 2.31. The summed E-state index contributed by atoms with van der Waals surface area (Å²) in [6.07, 6.45) is -2.53. The minimum atomic E-state index is -4.22. The minimum absolute atomic E-state index is 0.280. The number of aromatic nitrogens is 1. The van der Waals surface area contributed by atoms with Crippen molar-refractivity contribution in [3.05, 3.63) is 23.4 Å². The maximum atomic E-state index is 12.6. The summed E-state index contributed by atoms with van der Waals surface area (Å²) < 4.78 is 37.9. The molecule has 0 unspecified atom stereocenters. The summed E-state index contributed by atoms with van der Waals surface area (Å²) in [4.78, 5) is 5.66. The van der Waals surface area contributed by atoms with Gasteiger partial charge in [-0.25, -0.2) is 4.98 Å². The molecule has 0 fully saturated rings. The van der Waals surface area contributed by atoms with Crippen LogP contribution < -0.4 is 10.2 Å². The van der Waals surface area contributed by atoms with Gasteiger partial charge in [-0.1, -0.05) is 20.3 Å². The van der Waals surface area contributed by atoms with Gasteiger partial charge in [-0.05, 0) is 37.6 Å². The van der Waals surface area contributed by atoms with Gasteiger partial charge in [0.25, 0.3) is 0 Å². The molecule has 0 aromatic carbocycles. The third-order valence-corrected chi connectivity index (χ3v) is 3.09. The van der Waals surface area contributed by atoms with Crippen molar-refractivity contribution in [2.24, 2.45) is 0 Å². The molecule has 1 N–H and O–H groups in total. The Bertz CT molecular complexity index is 433. The van der Waals surface area contributed by atoms with E-state index in [1.54, 1.807) is 13.0 Å². The highest BCUT2D eigenvalue weighted by Crippen LogP contribution is 2.22. The molecule has 0 amide bonds. The fourth-order valence-electron chi connectivity index (χ4n) is 2.12. The van der Waals surface area contributed by atoms with Crippen molar-refractivity contribution in [3.8, 4) is 0 Å². The van der Waals surface area contributed by atoms with E-state index in [2.05, 4.69) is 10.3 Å². The average molecular weight is 303 g/mol. The van der Waals surface area contributed by atoms with Crippen LogP contribution in [0.5, 0.6) is 0 Å². The van der Waals surface area contributed by atoms with E-state index < -0.39 is 12.7 Å². The van der Waals surface area contributed by atoms with Crippen LogP contribution in [0.2, 0.25) is 0 Å². The summed E-state index contributed by atoms with van der Waals surface area (Å²) in [6, 6.07) is 3.72. The lowest BCUT2D eigenvalue weighted by molar-refractivity contribution is -0.119. The molecule has 0 aliphatic rings. The molecule has 0 radical (unpaired) electrons. The predicted molar refractivity (Wildman–Crippen MR) is 79.6 cm³/mol. The Morgan fingerprint density at radius 2 is 1.90 bits per heavy atom. The molecule has 0 saturated heterocycles. The molecular formula is C15H24F3N3. The zero-order valence-corrected chi connectivity index (χ0v) is 12.9. The predicted octanol–water partition coefficient (Wildman–Crippen LogP) is 3.53. The van der Waals surface area contributed by atoms with Crippen molar-refractivity contribution >= 4 is 5.82 Å². The Labute approximate surface area is 124 Å². The minimum Gasteiger partial charge on any atom is -0.348 e. The van der Waals surface area contributed by atoms with Gasteiger partial charge in [0.05, 0.1) is 0 Å². The lowest BCUT2D eigenvalue weighted by Gasteiger charge is -2.24. The van der Waals surface area contributed by atoms with Crippen molar-refractivity contribution in [1.29, 1.82) is 0 Å². The molecule has 1 heterocycles. The molecule has 1 rings (SSSR count). The second-order valence-corrected chi connectivity index (χ2v) is 4.98. The van der Waals surface area contributed by atoms with E-state index in [0.717, 1.165) is 30.6 Å². The zero-order valence-electron chi connectivity index (χ0n) is 12.9. The quantitative estimate of drug-likeness (QED) is 0.796. The largest absolute Gasteiger partial charge is 0.405 e. The molecule has 0 spiro atoms. The number of nitrogens with one attached hydrogen (secondary N) is 1. The molecule has 6 heteroatoms. The normalized spacial score (nSPS) is 11.7. The van der Waals surface area contributed by atoms with Gasteiger partial charge >= 0.3 is 6.18 Å². The first-order chi connectivity index (χ1) is 9.89. The molecule has 0 bridgehead atoms. The van der Waals surface area contributed by atoms with Crippen LogP contribution in [-0.2, 0) is 13.0 Å². The van der Waals surface area contributed by atoms with E-state index in [-0.39, 0.29) is 6.54 Å². The molecule has 0 saturated carbocycles. The van der Waals surface area contributed by atoms with Gasteiger partial charge in [0.2, 0.25) is 0 Å². The van der Waals surface area contributed by atoms with E-state index in [4.69, 9.17) is 0 Å². The lowest BCUT2D eigenvalue weighted by atomic mass is 10.1. The summed E-state index contributed by atoms with van der Waals surface area (Å²) in [5.74, 6) is 0.411. The average Bonchev–Trinajstić information content (AvgIpc) is 2.41. The number of hydrogen-bond donors (Lipinski definition) is 1. The van der Waals surface area contributed by atoms with E-state index in [0.29, 0.717) is 12.4 Å². The zero-order chi connectivity index (χ0) is 15.9. The third-order valence-electron chi connectivity index (χ3n) is 3.09. The molecule has 1 aromatic rings. The Morgan fingerprint density at radius 1 is 1.19 bits per heavy atom. The smallest absolute Gasteiger partial charge is 0.348 e. The SMILES string of the molecule is CCCc1cc(CNCC)cc(N(CC)CC(F)(F)F)n1. The Kier molecular flexibility index (Phi) is 6.95. The van der Waals surface area contributed by atoms with Crippen LogP contribution in [0.4, 0.5) is 19.0 Å². The van der Waals surface area contributed by atoms with Gasteiger partial charge in [-0.2, -0.15) is 13.2 Å². The number of halogens is 3. The van der Waals surface area contributed by atoms with E-state index in [9.17, 15) is 13.2 Å². The summed E-state index contributed by atoms with van der Waals surface area (Å²) in [6.45, 7) is 6.52. The Hall–Kier alpha value is -1.30. The first-order valence-electron chi connectivity index (χ1n) is 7.41. The molecule has 21 heavy (non-hydrogen) atoms. The fraction of sp³-hybridized carbons (Fsp3) is 0.667. The van der Waals surface area contributed by atoms with Crippen LogP contribution in [0.25, 0.3) is 0 Å². The van der Waals surface area contributed by atoms with Crippen molar-refractivity contribution in [2.75, 3.05) is 24.5 Å². The van der Waals surface area contributed by atoms with Crippen LogP contribution in [0, 0.1) is 0 Å². The van der Waals surface area contributed by atoms with Gasteiger partial charge in [0.15, 0.2) is 0 Å². The number of pyridine rings is 1. The molecule has 0 aliphatic heterocycles. The van der Waals surface area contributed by atoms with Gasteiger partial charge in [-0.3, -0.25) is 0 Å². The first kappa shape index (κ1) is 17.8. The Balaban J connectivity index is 3.03. The molecule has 120 valence electrons. The van der Waals surface area contributed by atoms with E-state index in [1.165, 1.54) is 4.90 Å². The monoisotopic (exact) mass is 303 g/mol. The second kappa shape index (κ2) is 8.22. The van der Waals surface area contributed by atoms with Crippen molar-refractivity contribution < 1.29 is 13.2 Å². The number of aryl methyl sites for hydroxylation is 1. The van der Waals surface area contributed by atoms with E-state index >= 15 is 0 Å². The molecule has 3 nitrogen and oxygen atoms in total. The summed E-state index contributed by atoms with van der Waals surface area (Å²) in [5.41, 5.74) is 1.83. The topological polar surface area (TPSA) is 28.2 Å². The first-order valence-corrected chi connectivity index (χ1v) is 7.41. The maximum absolute atomic E-state index is 12.6. The van der Waals surface area contributed by atoms with Crippen molar-refractivity contribution in [1.82, 2.24) is 10.3 Å². The highest BCUT2D eigenvalue weighted by molar-refractivity contribution is 5.43. The molecular weight excluding hydrogens is 279 g/mol. The number of nitrogens with zero attached hydrogens (tertiary/aromatic N) is 2. The summed E-state index contributed by atoms with van der Waals surface area (Å²) in [5, 5.41) is 3.20. The van der Waals surface area contributed by atoms with Crippen molar-refractivity contribution in [3.63, 3.8) is 0 Å². The van der Waals surface area contributed by atoms with Gasteiger partial charge < -0.3 is 10.2 Å². The summed E-state index contributed by atoms with van der Waals surface area (Å²) in [7, 11) is 0. The fourth-order valence-corrected chi connectivity index (χ4v) is 2.12. The van der Waals surface area contributed by atoms with Crippen LogP contribution in [0.1, 0.15) is 38.4 Å². The van der Waals surface area contributed by atoms with E-state index in [1.807, 2.05) is 19.9 Å². The summed E-state index contributed by atoms with van der Waals surface area (Å²) >= 11 is 0. The van der Waals surface area contributed by atoms with Gasteiger partial charge in [0, 0.05) is 18.8 Å². The van der Waals surface area contributed by atoms with Crippen LogP contribution in [0.15, 0.2) is 12.1 Å². The van der Waals surface area contributed by atoms with Gasteiger partial charge in [0.1, 0.15) is 12.4 Å². The standard InChI is InChI=1S/C15H24F3N3/c1-4-7-13-8-12(10-19-5-2)9-14(20-13)21(6-3)11-15(16,17)18/h8-9,19H,4-7,10-11H2,1-3H3. The van der Waals surface area contributed by atoms with Gasteiger partial charge in [-0.15, -0.1) is 0 Å². The number of alkyl halides is 3. The third kappa shape index (κ3) is 6.33. The Morgan fingerprint density at radius 3 is 2.43 bits per heavy atom. The highest BCUT2D eigenvalue weighted by atomic mass is 19.4. The number of rotatable bonds is 8. The second-order valence-electron chi connectivity index (χ2n) is 4.98. The maximum Gasteiger partial charge on any atom is 0.405 e. The number of hydrogen-bond acceptors (Lipinski definition) is 3. The molecule has 0 aliphatic carbocycles. The van der Waals surface area contributed by atoms with Crippen molar-refractivity contribution in [2.45, 2.75) is 46.3 Å². The molecule has 1 aromatic heterocycles.